The molecule has 0 aliphatic heterocycles. The highest BCUT2D eigenvalue weighted by Gasteiger charge is 2.06. The summed E-state index contributed by atoms with van der Waals surface area (Å²) in [4.78, 5) is 10.6. The number of rotatable bonds is 5. The second kappa shape index (κ2) is 5.24. The largest absolute Gasteiger partial charge is 0.487 e. The quantitative estimate of drug-likeness (QED) is 0.796. The fourth-order valence-corrected chi connectivity index (χ4v) is 1.07. The predicted octanol–water partition coefficient (Wildman–Crippen LogP) is 1.34. The number of benzene rings is 1. The first-order chi connectivity index (χ1) is 7.09. The van der Waals surface area contributed by atoms with E-state index in [0.717, 1.165) is 0 Å². The molecule has 0 bridgehead atoms. The van der Waals surface area contributed by atoms with Crippen LogP contribution in [-0.4, -0.2) is 18.6 Å². The molecule has 0 saturated heterocycles. The molecule has 1 amide bonds. The van der Waals surface area contributed by atoms with Crippen molar-refractivity contribution in [3.8, 4) is 11.5 Å². The van der Waals surface area contributed by atoms with Gasteiger partial charge in [-0.3, -0.25) is 4.79 Å². The van der Waals surface area contributed by atoms with Crippen LogP contribution in [0.4, 0.5) is 0 Å². The normalized spacial score (nSPS) is 10.1. The first kappa shape index (κ1) is 11.4. The van der Waals surface area contributed by atoms with E-state index in [1.165, 1.54) is 0 Å². The van der Waals surface area contributed by atoms with Crippen LogP contribution < -0.4 is 15.2 Å². The van der Waals surface area contributed by atoms with Crippen molar-refractivity contribution in [1.29, 1.82) is 0 Å². The van der Waals surface area contributed by atoms with Crippen LogP contribution in [-0.2, 0) is 4.79 Å². The fraction of sp³-hybridized carbons (Fsp3) is 0.364. The molecule has 15 heavy (non-hydrogen) atoms. The zero-order valence-electron chi connectivity index (χ0n) is 8.90. The molecule has 0 heterocycles. The Morgan fingerprint density at radius 2 is 1.93 bits per heavy atom. The Balaban J connectivity index is 2.72. The molecule has 0 fully saturated rings. The first-order valence-electron chi connectivity index (χ1n) is 4.76. The van der Waals surface area contributed by atoms with Crippen molar-refractivity contribution in [1.82, 2.24) is 0 Å². The maximum absolute atomic E-state index is 10.6. The third-order valence-corrected chi connectivity index (χ3v) is 1.58. The van der Waals surface area contributed by atoms with Gasteiger partial charge in [0.2, 0.25) is 0 Å². The van der Waals surface area contributed by atoms with Crippen LogP contribution in [0.1, 0.15) is 13.8 Å². The second-order valence-electron chi connectivity index (χ2n) is 3.37. The average Bonchev–Trinajstić information content (AvgIpc) is 2.15. The minimum Gasteiger partial charge on any atom is -0.487 e. The summed E-state index contributed by atoms with van der Waals surface area (Å²) in [5.74, 6) is 0.646. The predicted molar refractivity (Wildman–Crippen MR) is 56.9 cm³/mol. The molecule has 82 valence electrons. The molecule has 0 aromatic heterocycles. The summed E-state index contributed by atoms with van der Waals surface area (Å²) in [7, 11) is 0. The van der Waals surface area contributed by atoms with Crippen LogP contribution >= 0.6 is 0 Å². The molecular weight excluding hydrogens is 194 g/mol. The maximum Gasteiger partial charge on any atom is 0.255 e. The molecule has 0 atom stereocenters. The highest BCUT2D eigenvalue weighted by Crippen LogP contribution is 2.27. The number of amides is 1. The molecule has 4 heteroatoms. The molecule has 0 spiro atoms. The number of nitrogens with two attached hydrogens (primary N) is 1. The standard InChI is InChI=1S/C11H15NO3/c1-8(2)15-10-6-4-3-5-9(10)14-7-11(12)13/h3-6,8H,7H2,1-2H3,(H2,12,13). The van der Waals surface area contributed by atoms with Crippen LogP contribution in [0.2, 0.25) is 0 Å². The number of para-hydroxylation sites is 2. The Bertz CT molecular complexity index is 336. The van der Waals surface area contributed by atoms with Crippen LogP contribution in [0.3, 0.4) is 0 Å². The molecule has 0 unspecified atom stereocenters. The minimum atomic E-state index is -0.505. The Labute approximate surface area is 89.0 Å². The summed E-state index contributed by atoms with van der Waals surface area (Å²) in [5, 5.41) is 0. The molecule has 2 N–H and O–H groups in total. The van der Waals surface area contributed by atoms with Gasteiger partial charge in [-0.15, -0.1) is 0 Å². The van der Waals surface area contributed by atoms with Gasteiger partial charge in [-0.1, -0.05) is 12.1 Å². The topological polar surface area (TPSA) is 61.6 Å². The summed E-state index contributed by atoms with van der Waals surface area (Å²) in [5.41, 5.74) is 4.99. The van der Waals surface area contributed by atoms with E-state index in [4.69, 9.17) is 15.2 Å². The van der Waals surface area contributed by atoms with E-state index in [9.17, 15) is 4.79 Å². The van der Waals surface area contributed by atoms with E-state index < -0.39 is 5.91 Å². The monoisotopic (exact) mass is 209 g/mol. The molecule has 0 aliphatic carbocycles. The highest BCUT2D eigenvalue weighted by atomic mass is 16.5. The summed E-state index contributed by atoms with van der Waals surface area (Å²) in [6.07, 6.45) is 0.0586. The van der Waals surface area contributed by atoms with Crippen LogP contribution in [0.15, 0.2) is 24.3 Å². The summed E-state index contributed by atoms with van der Waals surface area (Å²) < 4.78 is 10.7. The maximum atomic E-state index is 10.6. The van der Waals surface area contributed by atoms with Crippen molar-refractivity contribution < 1.29 is 14.3 Å². The first-order valence-corrected chi connectivity index (χ1v) is 4.76. The third-order valence-electron chi connectivity index (χ3n) is 1.58. The van der Waals surface area contributed by atoms with Gasteiger partial charge in [0.05, 0.1) is 6.10 Å². The molecule has 0 saturated carbocycles. The summed E-state index contributed by atoms with van der Waals surface area (Å²) in [6, 6.07) is 7.18. The zero-order chi connectivity index (χ0) is 11.3. The number of carbonyl (C=O) groups excluding carboxylic acids is 1. The lowest BCUT2D eigenvalue weighted by molar-refractivity contribution is -0.119. The fourth-order valence-electron chi connectivity index (χ4n) is 1.07. The van der Waals surface area contributed by atoms with Gasteiger partial charge < -0.3 is 15.2 Å². The third kappa shape index (κ3) is 3.89. The summed E-state index contributed by atoms with van der Waals surface area (Å²) in [6.45, 7) is 3.70. The van der Waals surface area contributed by atoms with Crippen molar-refractivity contribution in [3.05, 3.63) is 24.3 Å². The molecule has 1 aromatic rings. The van der Waals surface area contributed by atoms with Gasteiger partial charge in [-0.2, -0.15) is 0 Å². The van der Waals surface area contributed by atoms with Crippen molar-refractivity contribution in [3.63, 3.8) is 0 Å². The Kier molecular flexibility index (Phi) is 3.97. The second-order valence-corrected chi connectivity index (χ2v) is 3.37. The van der Waals surface area contributed by atoms with Crippen molar-refractivity contribution in [2.75, 3.05) is 6.61 Å². The average molecular weight is 209 g/mol. The van der Waals surface area contributed by atoms with E-state index >= 15 is 0 Å². The van der Waals surface area contributed by atoms with Crippen LogP contribution in [0.5, 0.6) is 11.5 Å². The van der Waals surface area contributed by atoms with Crippen molar-refractivity contribution in [2.45, 2.75) is 20.0 Å². The Morgan fingerprint density at radius 1 is 1.33 bits per heavy atom. The Morgan fingerprint density at radius 3 is 2.47 bits per heavy atom. The molecule has 0 radical (unpaired) electrons. The number of ether oxygens (including phenoxy) is 2. The van der Waals surface area contributed by atoms with Crippen molar-refractivity contribution in [2.24, 2.45) is 5.73 Å². The molecule has 1 aromatic carbocycles. The van der Waals surface area contributed by atoms with Gasteiger partial charge in [0.25, 0.3) is 5.91 Å². The zero-order valence-corrected chi connectivity index (χ0v) is 8.90. The smallest absolute Gasteiger partial charge is 0.255 e. The van der Waals surface area contributed by atoms with E-state index in [1.54, 1.807) is 12.1 Å². The SMILES string of the molecule is CC(C)Oc1ccccc1OCC(N)=O. The molecule has 1 rings (SSSR count). The van der Waals surface area contributed by atoms with Gasteiger partial charge in [-0.25, -0.2) is 0 Å². The number of hydrogen-bond donors (Lipinski definition) is 1. The highest BCUT2D eigenvalue weighted by molar-refractivity contribution is 5.75. The van der Waals surface area contributed by atoms with Gasteiger partial charge in [0, 0.05) is 0 Å². The summed E-state index contributed by atoms with van der Waals surface area (Å²) >= 11 is 0. The van der Waals surface area contributed by atoms with Crippen LogP contribution in [0, 0.1) is 0 Å². The lowest BCUT2D eigenvalue weighted by atomic mass is 10.3. The number of hydrogen-bond acceptors (Lipinski definition) is 3. The lowest BCUT2D eigenvalue weighted by Crippen LogP contribution is -2.20. The van der Waals surface area contributed by atoms with E-state index in [0.29, 0.717) is 11.5 Å². The van der Waals surface area contributed by atoms with Gasteiger partial charge in [-0.05, 0) is 26.0 Å². The van der Waals surface area contributed by atoms with Gasteiger partial charge in [0.1, 0.15) is 0 Å². The minimum absolute atomic E-state index is 0.0586. The van der Waals surface area contributed by atoms with Gasteiger partial charge >= 0.3 is 0 Å². The molecule has 4 nitrogen and oxygen atoms in total. The van der Waals surface area contributed by atoms with E-state index in [1.807, 2.05) is 26.0 Å². The van der Waals surface area contributed by atoms with Crippen molar-refractivity contribution >= 4 is 5.91 Å². The number of primary amides is 1. The van der Waals surface area contributed by atoms with E-state index in [2.05, 4.69) is 0 Å². The van der Waals surface area contributed by atoms with E-state index in [-0.39, 0.29) is 12.7 Å². The van der Waals surface area contributed by atoms with Crippen LogP contribution in [0.25, 0.3) is 0 Å². The lowest BCUT2D eigenvalue weighted by Gasteiger charge is -2.13. The molecule has 0 aliphatic rings. The Hall–Kier alpha value is -1.71. The van der Waals surface area contributed by atoms with Gasteiger partial charge in [0.15, 0.2) is 18.1 Å². The molecular formula is C11H15NO3. The number of carbonyl (C=O) groups is 1.